The molecule has 6 nitrogen and oxygen atoms in total. The van der Waals surface area contributed by atoms with Gasteiger partial charge in [-0.25, -0.2) is 10.8 Å². The molecule has 19 heavy (non-hydrogen) atoms. The molecule has 94 valence electrons. The van der Waals surface area contributed by atoms with Crippen LogP contribution in [0.1, 0.15) is 15.9 Å². The van der Waals surface area contributed by atoms with E-state index in [2.05, 4.69) is 15.7 Å². The molecule has 0 fully saturated rings. The van der Waals surface area contributed by atoms with Crippen LogP contribution >= 0.6 is 0 Å². The van der Waals surface area contributed by atoms with Gasteiger partial charge in [0.15, 0.2) is 0 Å². The number of benzene rings is 1. The summed E-state index contributed by atoms with van der Waals surface area (Å²) < 4.78 is 0. The maximum absolute atomic E-state index is 11.9. The first-order valence-electron chi connectivity index (χ1n) is 5.47. The number of anilines is 2. The van der Waals surface area contributed by atoms with E-state index in [0.29, 0.717) is 22.6 Å². The van der Waals surface area contributed by atoms with E-state index in [1.54, 1.807) is 36.4 Å². The Balaban J connectivity index is 2.09. The number of aromatic nitrogens is 1. The monoisotopic (exact) mass is 253 g/mol. The predicted molar refractivity (Wildman–Crippen MR) is 71.2 cm³/mol. The fraction of sp³-hybridized carbons (Fsp3) is 0. The topological polar surface area (TPSA) is 104 Å². The average molecular weight is 253 g/mol. The summed E-state index contributed by atoms with van der Waals surface area (Å²) in [6.07, 6.45) is 1.42. The third-order valence-corrected chi connectivity index (χ3v) is 2.45. The first kappa shape index (κ1) is 12.5. The van der Waals surface area contributed by atoms with Crippen molar-refractivity contribution >= 4 is 17.4 Å². The van der Waals surface area contributed by atoms with Crippen LogP contribution in [0.5, 0.6) is 0 Å². The molecule has 0 saturated carbocycles. The van der Waals surface area contributed by atoms with E-state index in [1.165, 1.54) is 6.20 Å². The molecule has 4 N–H and O–H groups in total. The third kappa shape index (κ3) is 3.06. The summed E-state index contributed by atoms with van der Waals surface area (Å²) in [6, 6.07) is 11.8. The zero-order valence-corrected chi connectivity index (χ0v) is 9.92. The summed E-state index contributed by atoms with van der Waals surface area (Å²) in [6.45, 7) is 0. The van der Waals surface area contributed by atoms with Crippen LogP contribution < -0.4 is 16.6 Å². The Morgan fingerprint density at radius 3 is 2.47 bits per heavy atom. The van der Waals surface area contributed by atoms with Crippen LogP contribution in [-0.2, 0) is 0 Å². The zero-order chi connectivity index (χ0) is 13.7. The highest BCUT2D eigenvalue weighted by atomic mass is 16.1. The number of rotatable bonds is 3. The SMILES string of the molecule is N#Cc1ccc(NC(=O)c2ccc(NN)nc2)cc1. The largest absolute Gasteiger partial charge is 0.322 e. The fourth-order valence-electron chi connectivity index (χ4n) is 1.44. The molecule has 0 unspecified atom stereocenters. The second-order valence-electron chi connectivity index (χ2n) is 3.72. The molecule has 1 amide bonds. The van der Waals surface area contributed by atoms with Crippen molar-refractivity contribution in [1.29, 1.82) is 5.26 Å². The quantitative estimate of drug-likeness (QED) is 0.568. The van der Waals surface area contributed by atoms with E-state index in [1.807, 2.05) is 6.07 Å². The summed E-state index contributed by atoms with van der Waals surface area (Å²) in [5.41, 5.74) is 3.96. The van der Waals surface area contributed by atoms with Gasteiger partial charge in [0.1, 0.15) is 5.82 Å². The second-order valence-corrected chi connectivity index (χ2v) is 3.72. The molecular weight excluding hydrogens is 242 g/mol. The van der Waals surface area contributed by atoms with Gasteiger partial charge in [0.25, 0.3) is 5.91 Å². The van der Waals surface area contributed by atoms with E-state index in [9.17, 15) is 4.79 Å². The lowest BCUT2D eigenvalue weighted by molar-refractivity contribution is 0.102. The van der Waals surface area contributed by atoms with Crippen LogP contribution in [0.25, 0.3) is 0 Å². The van der Waals surface area contributed by atoms with Crippen molar-refractivity contribution in [2.75, 3.05) is 10.7 Å². The lowest BCUT2D eigenvalue weighted by atomic mass is 10.2. The van der Waals surface area contributed by atoms with Crippen LogP contribution in [0, 0.1) is 11.3 Å². The van der Waals surface area contributed by atoms with Crippen molar-refractivity contribution in [2.45, 2.75) is 0 Å². The Bertz CT molecular complexity index is 613. The van der Waals surface area contributed by atoms with Crippen LogP contribution in [0.4, 0.5) is 11.5 Å². The number of hydrazine groups is 1. The Hall–Kier alpha value is -2.91. The smallest absolute Gasteiger partial charge is 0.257 e. The number of pyridine rings is 1. The number of nitrogen functional groups attached to an aromatic ring is 1. The molecule has 0 aliphatic carbocycles. The van der Waals surface area contributed by atoms with Gasteiger partial charge >= 0.3 is 0 Å². The van der Waals surface area contributed by atoms with Crippen LogP contribution in [0.3, 0.4) is 0 Å². The van der Waals surface area contributed by atoms with Gasteiger partial charge in [-0.15, -0.1) is 0 Å². The maximum atomic E-state index is 11.9. The zero-order valence-electron chi connectivity index (χ0n) is 9.92. The number of carbonyl (C=O) groups excluding carboxylic acids is 1. The summed E-state index contributed by atoms with van der Waals surface area (Å²) >= 11 is 0. The van der Waals surface area contributed by atoms with E-state index in [4.69, 9.17) is 11.1 Å². The minimum absolute atomic E-state index is 0.277. The van der Waals surface area contributed by atoms with Crippen molar-refractivity contribution in [2.24, 2.45) is 5.84 Å². The van der Waals surface area contributed by atoms with Gasteiger partial charge in [0.2, 0.25) is 0 Å². The molecule has 2 rings (SSSR count). The molecule has 0 aliphatic rings. The van der Waals surface area contributed by atoms with Crippen molar-refractivity contribution in [1.82, 2.24) is 4.98 Å². The molecule has 1 aromatic heterocycles. The Labute approximate surface area is 109 Å². The second kappa shape index (κ2) is 5.62. The molecule has 0 saturated heterocycles. The molecule has 6 heteroatoms. The molecule has 2 aromatic rings. The van der Waals surface area contributed by atoms with Gasteiger partial charge in [0.05, 0.1) is 17.2 Å². The van der Waals surface area contributed by atoms with Crippen LogP contribution in [0.15, 0.2) is 42.6 Å². The number of hydrogen-bond acceptors (Lipinski definition) is 5. The number of carbonyl (C=O) groups is 1. The molecule has 0 spiro atoms. The van der Waals surface area contributed by atoms with Gasteiger partial charge in [-0.1, -0.05) is 0 Å². The van der Waals surface area contributed by atoms with Crippen molar-refractivity contribution in [3.8, 4) is 6.07 Å². The molecule has 0 atom stereocenters. The average Bonchev–Trinajstić information content (AvgIpc) is 2.48. The van der Waals surface area contributed by atoms with E-state index in [-0.39, 0.29) is 5.91 Å². The van der Waals surface area contributed by atoms with E-state index >= 15 is 0 Å². The van der Waals surface area contributed by atoms with Gasteiger partial charge in [-0.3, -0.25) is 4.79 Å². The first-order valence-corrected chi connectivity index (χ1v) is 5.47. The molecule has 0 radical (unpaired) electrons. The van der Waals surface area contributed by atoms with Crippen LogP contribution in [-0.4, -0.2) is 10.9 Å². The lowest BCUT2D eigenvalue weighted by Gasteiger charge is -2.05. The fourth-order valence-corrected chi connectivity index (χ4v) is 1.44. The third-order valence-electron chi connectivity index (χ3n) is 2.45. The highest BCUT2D eigenvalue weighted by Crippen LogP contribution is 2.11. The number of hydrogen-bond donors (Lipinski definition) is 3. The standard InChI is InChI=1S/C13H11N5O/c14-7-9-1-4-11(5-2-9)17-13(19)10-3-6-12(18-15)16-8-10/h1-6,8H,15H2,(H,16,18)(H,17,19). The molecular formula is C13H11N5O. The summed E-state index contributed by atoms with van der Waals surface area (Å²) in [5, 5.41) is 11.4. The van der Waals surface area contributed by atoms with Crippen molar-refractivity contribution in [3.63, 3.8) is 0 Å². The highest BCUT2D eigenvalue weighted by molar-refractivity contribution is 6.04. The lowest BCUT2D eigenvalue weighted by Crippen LogP contribution is -2.13. The van der Waals surface area contributed by atoms with Gasteiger partial charge < -0.3 is 10.7 Å². The Morgan fingerprint density at radius 1 is 1.21 bits per heavy atom. The normalized spacial score (nSPS) is 9.47. The highest BCUT2D eigenvalue weighted by Gasteiger charge is 2.06. The Kier molecular flexibility index (Phi) is 3.71. The summed E-state index contributed by atoms with van der Waals surface area (Å²) in [5.74, 6) is 5.39. The van der Waals surface area contributed by atoms with Crippen LogP contribution in [0.2, 0.25) is 0 Å². The number of nitrogens with two attached hydrogens (primary N) is 1. The van der Waals surface area contributed by atoms with Gasteiger partial charge in [0, 0.05) is 11.9 Å². The molecule has 1 heterocycles. The first-order chi connectivity index (χ1) is 9.22. The summed E-state index contributed by atoms with van der Waals surface area (Å²) in [4.78, 5) is 15.8. The number of amides is 1. The van der Waals surface area contributed by atoms with Gasteiger partial charge in [-0.05, 0) is 36.4 Å². The van der Waals surface area contributed by atoms with Crippen molar-refractivity contribution < 1.29 is 4.79 Å². The van der Waals surface area contributed by atoms with E-state index < -0.39 is 0 Å². The predicted octanol–water partition coefficient (Wildman–Crippen LogP) is 1.49. The number of nitriles is 1. The van der Waals surface area contributed by atoms with E-state index in [0.717, 1.165) is 0 Å². The molecule has 0 bridgehead atoms. The Morgan fingerprint density at radius 2 is 1.95 bits per heavy atom. The molecule has 0 aliphatic heterocycles. The number of nitrogens with zero attached hydrogens (tertiary/aromatic N) is 2. The molecule has 1 aromatic carbocycles. The maximum Gasteiger partial charge on any atom is 0.257 e. The minimum atomic E-state index is -0.277. The minimum Gasteiger partial charge on any atom is -0.322 e. The van der Waals surface area contributed by atoms with Crippen molar-refractivity contribution in [3.05, 3.63) is 53.7 Å². The number of nitrogens with one attached hydrogen (secondary N) is 2. The van der Waals surface area contributed by atoms with Gasteiger partial charge in [-0.2, -0.15) is 5.26 Å². The summed E-state index contributed by atoms with van der Waals surface area (Å²) in [7, 11) is 0.